The quantitative estimate of drug-likeness (QED) is 0.133. The second kappa shape index (κ2) is 16.7. The van der Waals surface area contributed by atoms with Gasteiger partial charge in [-0.2, -0.15) is 0 Å². The van der Waals surface area contributed by atoms with Crippen molar-refractivity contribution in [3.05, 3.63) is 39.4 Å². The van der Waals surface area contributed by atoms with Crippen molar-refractivity contribution in [2.45, 2.75) is 123 Å². The van der Waals surface area contributed by atoms with E-state index in [1.807, 2.05) is 13.8 Å². The fourth-order valence-corrected chi connectivity index (χ4v) is 4.13. The number of nitrogens with zero attached hydrogens (tertiary/aromatic N) is 1. The van der Waals surface area contributed by atoms with E-state index in [1.165, 1.54) is 82.4 Å². The third-order valence-corrected chi connectivity index (χ3v) is 5.86. The normalized spacial score (nSPS) is 12.2. The van der Waals surface area contributed by atoms with Crippen LogP contribution in [0.1, 0.15) is 120 Å². The molecule has 1 atom stereocenters. The topological polar surface area (TPSA) is 89.7 Å². The molecular weight excluding hydrogens is 406 g/mol. The van der Waals surface area contributed by atoms with Crippen LogP contribution in [0.5, 0.6) is 0 Å². The predicted molar refractivity (Wildman–Crippen MR) is 129 cm³/mol. The Kier molecular flexibility index (Phi) is 14.6. The molecule has 0 fully saturated rings. The molecule has 0 amide bonds. The Labute approximate surface area is 193 Å². The number of aryl methyl sites for hydroxylation is 1. The highest BCUT2D eigenvalue weighted by molar-refractivity contribution is 5.89. The summed E-state index contributed by atoms with van der Waals surface area (Å²) in [5.41, 5.74) is 0.563. The number of hydrogen-bond acceptors (Lipinski definition) is 4. The van der Waals surface area contributed by atoms with Crippen LogP contribution in [0.3, 0.4) is 0 Å². The molecule has 0 saturated carbocycles. The summed E-state index contributed by atoms with van der Waals surface area (Å²) in [7, 11) is 0. The van der Waals surface area contributed by atoms with Gasteiger partial charge in [-0.15, -0.1) is 0 Å². The third kappa shape index (κ3) is 12.2. The highest BCUT2D eigenvalue weighted by atomic mass is 16.6. The number of nitro groups is 1. The van der Waals surface area contributed by atoms with E-state index in [-0.39, 0.29) is 23.5 Å². The lowest BCUT2D eigenvalue weighted by Gasteiger charge is -2.21. The molecular formula is C26H43NO5. The van der Waals surface area contributed by atoms with Crippen LogP contribution >= 0.6 is 0 Å². The van der Waals surface area contributed by atoms with Crippen LogP contribution in [0.4, 0.5) is 5.69 Å². The van der Waals surface area contributed by atoms with Gasteiger partial charge in [0.25, 0.3) is 5.69 Å². The van der Waals surface area contributed by atoms with Crippen LogP contribution in [0.25, 0.3) is 0 Å². The van der Waals surface area contributed by atoms with Crippen LogP contribution in [-0.2, 0) is 11.2 Å². The van der Waals surface area contributed by atoms with Crippen molar-refractivity contribution >= 4 is 11.7 Å². The fourth-order valence-electron chi connectivity index (χ4n) is 4.13. The van der Waals surface area contributed by atoms with Gasteiger partial charge in [-0.25, -0.2) is 4.79 Å². The van der Waals surface area contributed by atoms with Gasteiger partial charge in [0.2, 0.25) is 0 Å². The summed E-state index contributed by atoms with van der Waals surface area (Å²) in [6.45, 7) is 6.25. The molecule has 0 bridgehead atoms. The first kappa shape index (κ1) is 28.1. The number of rotatable bonds is 19. The molecule has 0 heterocycles. The first-order valence-corrected chi connectivity index (χ1v) is 12.5. The Hall–Kier alpha value is -1.95. The van der Waals surface area contributed by atoms with Crippen molar-refractivity contribution in [1.82, 2.24) is 0 Å². The van der Waals surface area contributed by atoms with E-state index in [0.29, 0.717) is 18.4 Å². The molecule has 32 heavy (non-hydrogen) atoms. The molecule has 0 aliphatic carbocycles. The summed E-state index contributed by atoms with van der Waals surface area (Å²) in [6.07, 6.45) is 16.4. The predicted octanol–water partition coefficient (Wildman–Crippen LogP) is 7.72. The van der Waals surface area contributed by atoms with Crippen LogP contribution in [0, 0.1) is 10.1 Å². The molecule has 0 radical (unpaired) electrons. The molecule has 1 N–H and O–H groups in total. The van der Waals surface area contributed by atoms with Gasteiger partial charge in [-0.05, 0) is 44.7 Å². The molecule has 0 saturated heterocycles. The first-order valence-electron chi connectivity index (χ1n) is 12.5. The molecule has 6 nitrogen and oxygen atoms in total. The molecule has 0 aromatic heterocycles. The zero-order valence-electron chi connectivity index (χ0n) is 20.3. The Morgan fingerprint density at radius 3 is 2.03 bits per heavy atom. The van der Waals surface area contributed by atoms with Crippen molar-refractivity contribution in [2.24, 2.45) is 0 Å². The van der Waals surface area contributed by atoms with Crippen molar-refractivity contribution in [3.63, 3.8) is 0 Å². The van der Waals surface area contributed by atoms with Crippen LogP contribution in [0.2, 0.25) is 0 Å². The zero-order valence-corrected chi connectivity index (χ0v) is 20.3. The lowest BCUT2D eigenvalue weighted by atomic mass is 9.97. The number of carbonyl (C=O) groups is 1. The van der Waals surface area contributed by atoms with E-state index in [0.717, 1.165) is 12.8 Å². The molecule has 0 aliphatic rings. The maximum absolute atomic E-state index is 11.5. The van der Waals surface area contributed by atoms with Gasteiger partial charge in [0, 0.05) is 12.1 Å². The number of benzene rings is 1. The summed E-state index contributed by atoms with van der Waals surface area (Å²) in [6, 6.07) is 3.97. The van der Waals surface area contributed by atoms with Crippen LogP contribution < -0.4 is 0 Å². The Morgan fingerprint density at radius 2 is 1.53 bits per heavy atom. The zero-order chi connectivity index (χ0) is 23.8. The van der Waals surface area contributed by atoms with Gasteiger partial charge in [0.15, 0.2) is 0 Å². The number of non-ortho nitro benzene ring substituents is 1. The number of hydrogen-bond donors (Lipinski definition) is 1. The van der Waals surface area contributed by atoms with Gasteiger partial charge >= 0.3 is 5.97 Å². The largest absolute Gasteiger partial charge is 0.478 e. The monoisotopic (exact) mass is 449 g/mol. The molecule has 1 aromatic rings. The average Bonchev–Trinajstić information content (AvgIpc) is 2.74. The summed E-state index contributed by atoms with van der Waals surface area (Å²) in [5.74, 6) is -1.05. The second-order valence-electron chi connectivity index (χ2n) is 9.07. The van der Waals surface area contributed by atoms with Gasteiger partial charge in [-0.3, -0.25) is 10.1 Å². The van der Waals surface area contributed by atoms with E-state index in [4.69, 9.17) is 4.74 Å². The minimum atomic E-state index is -1.05. The number of aromatic carboxylic acids is 1. The van der Waals surface area contributed by atoms with Gasteiger partial charge in [0.1, 0.15) is 0 Å². The van der Waals surface area contributed by atoms with E-state index in [9.17, 15) is 20.0 Å². The van der Waals surface area contributed by atoms with E-state index in [1.54, 1.807) is 0 Å². The maximum atomic E-state index is 11.5. The highest BCUT2D eigenvalue weighted by Crippen LogP contribution is 2.22. The van der Waals surface area contributed by atoms with Gasteiger partial charge < -0.3 is 9.84 Å². The third-order valence-electron chi connectivity index (χ3n) is 5.86. The lowest BCUT2D eigenvalue weighted by molar-refractivity contribution is -0.384. The summed E-state index contributed by atoms with van der Waals surface area (Å²) >= 11 is 0. The van der Waals surface area contributed by atoms with Crippen molar-refractivity contribution in [1.29, 1.82) is 0 Å². The molecule has 1 aromatic carbocycles. The smallest absolute Gasteiger partial charge is 0.335 e. The van der Waals surface area contributed by atoms with E-state index in [2.05, 4.69) is 6.92 Å². The van der Waals surface area contributed by atoms with Gasteiger partial charge in [0.05, 0.1) is 22.7 Å². The minimum Gasteiger partial charge on any atom is -0.478 e. The van der Waals surface area contributed by atoms with Crippen LogP contribution in [-0.4, -0.2) is 28.2 Å². The van der Waals surface area contributed by atoms with Gasteiger partial charge in [-0.1, -0.05) is 77.6 Å². The maximum Gasteiger partial charge on any atom is 0.335 e. The summed E-state index contributed by atoms with van der Waals surface area (Å²) in [5, 5.41) is 20.5. The van der Waals surface area contributed by atoms with Crippen molar-refractivity contribution < 1.29 is 19.6 Å². The number of ether oxygens (including phenoxy) is 1. The molecule has 1 rings (SSSR count). The van der Waals surface area contributed by atoms with E-state index >= 15 is 0 Å². The minimum absolute atomic E-state index is 0.0365. The molecule has 0 aliphatic heterocycles. The second-order valence-corrected chi connectivity index (χ2v) is 9.07. The SMILES string of the molecule is CCCCCCCCCCCCCC(CCc1cc([N+](=O)[O-])ccc1C(=O)O)OC(C)C. The fraction of sp³-hybridized carbons (Fsp3) is 0.731. The van der Waals surface area contributed by atoms with Crippen molar-refractivity contribution in [2.75, 3.05) is 0 Å². The molecule has 1 unspecified atom stereocenters. The highest BCUT2D eigenvalue weighted by Gasteiger charge is 2.18. The summed E-state index contributed by atoms with van der Waals surface area (Å²) in [4.78, 5) is 22.1. The van der Waals surface area contributed by atoms with Crippen molar-refractivity contribution in [3.8, 4) is 0 Å². The average molecular weight is 450 g/mol. The Bertz CT molecular complexity index is 674. The number of unbranched alkanes of at least 4 members (excludes halogenated alkanes) is 10. The molecule has 6 heteroatoms. The standard InChI is InChI=1S/C26H43NO5/c1-4-5-6-7-8-9-10-11-12-13-14-15-24(32-21(2)3)18-16-22-20-23(27(30)31)17-19-25(22)26(28)29/h17,19-21,24H,4-16,18H2,1-3H3,(H,28,29). The lowest BCUT2D eigenvalue weighted by Crippen LogP contribution is -2.19. The molecule has 182 valence electrons. The van der Waals surface area contributed by atoms with Crippen LogP contribution in [0.15, 0.2) is 18.2 Å². The Balaban J connectivity index is 2.41. The molecule has 0 spiro atoms. The first-order chi connectivity index (χ1) is 15.3. The number of carboxylic acid groups (broad SMARTS) is 1. The Morgan fingerprint density at radius 1 is 0.969 bits per heavy atom. The van der Waals surface area contributed by atoms with E-state index < -0.39 is 10.9 Å². The number of nitro benzene ring substituents is 1. The number of carboxylic acids is 1. The summed E-state index contributed by atoms with van der Waals surface area (Å²) < 4.78 is 6.06.